The summed E-state index contributed by atoms with van der Waals surface area (Å²) >= 11 is 11.0. The van der Waals surface area contributed by atoms with E-state index in [2.05, 4.69) is 21.3 Å². The number of rotatable bonds is 5. The van der Waals surface area contributed by atoms with Crippen LogP contribution in [0.1, 0.15) is 23.1 Å². The minimum Gasteiger partial charge on any atom is -0.383 e. The molecule has 1 atom stereocenters. The van der Waals surface area contributed by atoms with E-state index in [0.717, 1.165) is 0 Å². The molecule has 0 saturated carbocycles. The SMILES string of the molecule is COC[C@H](C)NC(=S)NNC(=O)c1nn(-c2ccc(Cl)cc2)c(C)cc1=O. The van der Waals surface area contributed by atoms with Crippen molar-refractivity contribution in [2.45, 2.75) is 19.9 Å². The minimum atomic E-state index is -0.703. The molecule has 8 nitrogen and oxygen atoms in total. The minimum absolute atomic E-state index is 0.0495. The van der Waals surface area contributed by atoms with Crippen LogP contribution in [0.4, 0.5) is 0 Å². The molecule has 0 aliphatic carbocycles. The molecule has 0 fully saturated rings. The Morgan fingerprint density at radius 2 is 2.00 bits per heavy atom. The summed E-state index contributed by atoms with van der Waals surface area (Å²) in [6, 6.07) is 8.16. The van der Waals surface area contributed by atoms with Crippen LogP contribution in [0.5, 0.6) is 0 Å². The molecule has 1 heterocycles. The van der Waals surface area contributed by atoms with E-state index in [1.807, 2.05) is 6.92 Å². The largest absolute Gasteiger partial charge is 0.383 e. The number of halogens is 1. The van der Waals surface area contributed by atoms with Gasteiger partial charge in [0.1, 0.15) is 0 Å². The van der Waals surface area contributed by atoms with Crippen molar-refractivity contribution in [3.05, 3.63) is 57.0 Å². The van der Waals surface area contributed by atoms with E-state index in [1.54, 1.807) is 38.3 Å². The summed E-state index contributed by atoms with van der Waals surface area (Å²) < 4.78 is 6.48. The molecule has 0 aliphatic heterocycles. The average Bonchev–Trinajstić information content (AvgIpc) is 2.61. The number of carbonyl (C=O) groups is 1. The molecule has 2 aromatic rings. The predicted molar refractivity (Wildman–Crippen MR) is 107 cm³/mol. The van der Waals surface area contributed by atoms with Crippen molar-refractivity contribution in [2.24, 2.45) is 0 Å². The number of methoxy groups -OCH3 is 1. The van der Waals surface area contributed by atoms with Crippen molar-refractivity contribution < 1.29 is 9.53 Å². The lowest BCUT2D eigenvalue weighted by Crippen LogP contribution is -2.50. The van der Waals surface area contributed by atoms with Crippen LogP contribution in [-0.2, 0) is 4.74 Å². The fourth-order valence-electron chi connectivity index (χ4n) is 2.27. The third-order valence-corrected chi connectivity index (χ3v) is 3.95. The Balaban J connectivity index is 2.14. The van der Waals surface area contributed by atoms with E-state index in [1.165, 1.54) is 10.7 Å². The van der Waals surface area contributed by atoms with E-state index in [9.17, 15) is 9.59 Å². The van der Waals surface area contributed by atoms with Gasteiger partial charge in [0.15, 0.2) is 10.8 Å². The molecule has 0 radical (unpaired) electrons. The van der Waals surface area contributed by atoms with Crippen LogP contribution in [0.3, 0.4) is 0 Å². The quantitative estimate of drug-likeness (QED) is 0.506. The molecule has 1 aromatic heterocycles. The first kappa shape index (κ1) is 20.8. The number of amides is 1. The molecule has 0 unspecified atom stereocenters. The summed E-state index contributed by atoms with van der Waals surface area (Å²) in [5.74, 6) is -0.703. The van der Waals surface area contributed by atoms with Gasteiger partial charge in [-0.15, -0.1) is 0 Å². The third kappa shape index (κ3) is 5.75. The Hall–Kier alpha value is -2.49. The predicted octanol–water partition coefficient (Wildman–Crippen LogP) is 1.34. The highest BCUT2D eigenvalue weighted by molar-refractivity contribution is 7.80. The first-order chi connectivity index (χ1) is 12.8. The van der Waals surface area contributed by atoms with Crippen LogP contribution in [0.15, 0.2) is 35.1 Å². The molecule has 0 spiro atoms. The lowest BCUT2D eigenvalue weighted by molar-refractivity contribution is 0.0935. The topological polar surface area (TPSA) is 97.3 Å². The van der Waals surface area contributed by atoms with Gasteiger partial charge in [-0.3, -0.25) is 20.4 Å². The lowest BCUT2D eigenvalue weighted by atomic mass is 10.3. The Morgan fingerprint density at radius 1 is 1.33 bits per heavy atom. The van der Waals surface area contributed by atoms with Gasteiger partial charge in [-0.05, 0) is 50.3 Å². The van der Waals surface area contributed by atoms with Crippen molar-refractivity contribution in [1.82, 2.24) is 25.9 Å². The second-order valence-electron chi connectivity index (χ2n) is 5.80. The molecule has 0 bridgehead atoms. The Morgan fingerprint density at radius 3 is 2.63 bits per heavy atom. The number of aryl methyl sites for hydroxylation is 1. The normalized spacial score (nSPS) is 11.6. The summed E-state index contributed by atoms with van der Waals surface area (Å²) in [6.45, 7) is 4.03. The summed E-state index contributed by atoms with van der Waals surface area (Å²) in [7, 11) is 1.57. The van der Waals surface area contributed by atoms with Gasteiger partial charge in [0, 0.05) is 29.9 Å². The highest BCUT2D eigenvalue weighted by atomic mass is 35.5. The average molecular weight is 410 g/mol. The fraction of sp³-hybridized carbons (Fsp3) is 0.294. The number of ether oxygens (including phenoxy) is 1. The molecule has 1 amide bonds. The molecular weight excluding hydrogens is 390 g/mol. The summed E-state index contributed by atoms with van der Waals surface area (Å²) in [4.78, 5) is 24.5. The number of hydrogen-bond donors (Lipinski definition) is 3. The zero-order valence-corrected chi connectivity index (χ0v) is 16.6. The molecule has 0 aliphatic rings. The van der Waals surface area contributed by atoms with Gasteiger partial charge < -0.3 is 10.1 Å². The summed E-state index contributed by atoms with van der Waals surface area (Å²) in [5, 5.41) is 7.85. The van der Waals surface area contributed by atoms with E-state index >= 15 is 0 Å². The van der Waals surface area contributed by atoms with E-state index in [4.69, 9.17) is 28.6 Å². The molecule has 144 valence electrons. The van der Waals surface area contributed by atoms with Gasteiger partial charge in [-0.25, -0.2) is 4.68 Å². The zero-order valence-electron chi connectivity index (χ0n) is 15.1. The lowest BCUT2D eigenvalue weighted by Gasteiger charge is -2.16. The van der Waals surface area contributed by atoms with Crippen LogP contribution in [0.25, 0.3) is 5.69 Å². The van der Waals surface area contributed by atoms with E-state index in [0.29, 0.717) is 23.0 Å². The van der Waals surface area contributed by atoms with Crippen molar-refractivity contribution in [3.8, 4) is 5.69 Å². The number of hydrogen-bond acceptors (Lipinski definition) is 5. The van der Waals surface area contributed by atoms with Gasteiger partial charge in [-0.2, -0.15) is 5.10 Å². The number of nitrogens with one attached hydrogen (secondary N) is 3. The number of hydrazine groups is 1. The Kier molecular flexibility index (Phi) is 7.28. The molecule has 27 heavy (non-hydrogen) atoms. The number of nitrogens with zero attached hydrogens (tertiary/aromatic N) is 2. The highest BCUT2D eigenvalue weighted by Gasteiger charge is 2.16. The van der Waals surface area contributed by atoms with Crippen LogP contribution in [-0.4, -0.2) is 40.6 Å². The van der Waals surface area contributed by atoms with Gasteiger partial charge in [-0.1, -0.05) is 11.6 Å². The van der Waals surface area contributed by atoms with Crippen molar-refractivity contribution in [3.63, 3.8) is 0 Å². The second-order valence-corrected chi connectivity index (χ2v) is 6.64. The smallest absolute Gasteiger partial charge is 0.294 e. The van der Waals surface area contributed by atoms with Crippen molar-refractivity contribution in [1.29, 1.82) is 0 Å². The summed E-state index contributed by atoms with van der Waals surface area (Å²) in [6.07, 6.45) is 0. The highest BCUT2D eigenvalue weighted by Crippen LogP contribution is 2.13. The maximum atomic E-state index is 12.3. The molecule has 2 rings (SSSR count). The molecule has 3 N–H and O–H groups in total. The number of aromatic nitrogens is 2. The zero-order chi connectivity index (χ0) is 20.0. The van der Waals surface area contributed by atoms with Gasteiger partial charge >= 0.3 is 0 Å². The molecule has 1 aromatic carbocycles. The standard InChI is InChI=1S/C17H20ClN5O3S/c1-10(9-26-3)19-17(27)21-20-16(25)15-14(24)8-11(2)23(22-15)13-6-4-12(18)5-7-13/h4-8,10H,9H2,1-3H3,(H,20,25)(H2,19,21,27)/t10-/m0/s1. The van der Waals surface area contributed by atoms with E-state index < -0.39 is 11.3 Å². The van der Waals surface area contributed by atoms with Crippen LogP contribution in [0.2, 0.25) is 5.02 Å². The molecule has 10 heteroatoms. The van der Waals surface area contributed by atoms with E-state index in [-0.39, 0.29) is 16.8 Å². The molecular formula is C17H20ClN5O3S. The Labute approximate surface area is 166 Å². The molecule has 0 saturated heterocycles. The monoisotopic (exact) mass is 409 g/mol. The van der Waals surface area contributed by atoms with Gasteiger partial charge in [0.2, 0.25) is 5.43 Å². The number of thiocarbonyl (C=S) groups is 1. The van der Waals surface area contributed by atoms with Crippen LogP contribution in [0, 0.1) is 6.92 Å². The third-order valence-electron chi connectivity index (χ3n) is 3.48. The number of carbonyl (C=O) groups excluding carboxylic acids is 1. The fourth-order valence-corrected chi connectivity index (χ4v) is 2.65. The first-order valence-corrected chi connectivity index (χ1v) is 8.83. The van der Waals surface area contributed by atoms with Crippen molar-refractivity contribution in [2.75, 3.05) is 13.7 Å². The maximum absolute atomic E-state index is 12.3. The van der Waals surface area contributed by atoms with Crippen LogP contribution < -0.4 is 21.6 Å². The van der Waals surface area contributed by atoms with Gasteiger partial charge in [0.25, 0.3) is 5.91 Å². The Bertz CT molecular complexity index is 885. The number of benzene rings is 1. The summed E-state index contributed by atoms with van der Waals surface area (Å²) in [5.41, 5.74) is 5.39. The van der Waals surface area contributed by atoms with Crippen LogP contribution >= 0.6 is 23.8 Å². The second kappa shape index (κ2) is 9.45. The first-order valence-electron chi connectivity index (χ1n) is 8.04. The van der Waals surface area contributed by atoms with Crippen molar-refractivity contribution >= 4 is 34.8 Å². The maximum Gasteiger partial charge on any atom is 0.294 e. The van der Waals surface area contributed by atoms with Gasteiger partial charge in [0.05, 0.1) is 12.3 Å².